The van der Waals surface area contributed by atoms with Gasteiger partial charge in [-0.15, -0.1) is 0 Å². The first kappa shape index (κ1) is 25.6. The number of imidazole rings is 1. The van der Waals surface area contributed by atoms with Crippen LogP contribution in [0, 0.1) is 17.7 Å². The van der Waals surface area contributed by atoms with Crippen molar-refractivity contribution in [3.63, 3.8) is 0 Å². The first-order chi connectivity index (χ1) is 18.2. The summed E-state index contributed by atoms with van der Waals surface area (Å²) < 4.78 is 14.7. The zero-order chi connectivity index (χ0) is 27.1. The van der Waals surface area contributed by atoms with Crippen LogP contribution in [0.3, 0.4) is 0 Å². The molecule has 1 aromatic heterocycles. The summed E-state index contributed by atoms with van der Waals surface area (Å²) in [4.78, 5) is 7.24. The number of nitrogens with two attached hydrogens (primary N) is 1. The van der Waals surface area contributed by atoms with Crippen molar-refractivity contribution in [3.8, 4) is 17.2 Å². The predicted molar refractivity (Wildman–Crippen MR) is 154 cm³/mol. The number of nitrogens with one attached hydrogen (secondary N) is 2. The molecule has 4 N–H and O–H groups in total. The molecule has 5 rings (SSSR count). The highest BCUT2D eigenvalue weighted by atomic mass is 16.5. The van der Waals surface area contributed by atoms with Gasteiger partial charge in [-0.05, 0) is 31.4 Å². The fourth-order valence-corrected chi connectivity index (χ4v) is 5.45. The van der Waals surface area contributed by atoms with Crippen LogP contribution in [0.1, 0.15) is 56.5 Å². The van der Waals surface area contributed by atoms with Crippen LogP contribution in [0.25, 0.3) is 27.5 Å². The summed E-state index contributed by atoms with van der Waals surface area (Å²) >= 11 is 0. The van der Waals surface area contributed by atoms with Crippen LogP contribution >= 0.6 is 0 Å². The average molecular weight is 513 g/mol. The Labute approximate surface area is 223 Å². The van der Waals surface area contributed by atoms with Gasteiger partial charge in [0.2, 0.25) is 0 Å². The van der Waals surface area contributed by atoms with Gasteiger partial charge in [-0.3, -0.25) is 15.4 Å². The van der Waals surface area contributed by atoms with Gasteiger partial charge in [0.1, 0.15) is 34.8 Å². The molecule has 4 aromatic rings. The second kappa shape index (κ2) is 10.0. The molecule has 0 bridgehead atoms. The minimum absolute atomic E-state index is 0.0455. The quantitative estimate of drug-likeness (QED) is 0.225. The summed E-state index contributed by atoms with van der Waals surface area (Å²) in [5.74, 6) is 3.22. The highest BCUT2D eigenvalue weighted by Crippen LogP contribution is 2.41. The van der Waals surface area contributed by atoms with Crippen molar-refractivity contribution < 1.29 is 9.47 Å². The number of aromatic nitrogens is 2. The van der Waals surface area contributed by atoms with Crippen molar-refractivity contribution in [3.05, 3.63) is 59.4 Å². The van der Waals surface area contributed by atoms with E-state index in [4.69, 9.17) is 31.0 Å². The number of ether oxygens (including phenoxy) is 2. The topological polar surface area (TPSA) is 113 Å². The zero-order valence-electron chi connectivity index (χ0n) is 22.8. The minimum Gasteiger partial charge on any atom is -0.494 e. The summed E-state index contributed by atoms with van der Waals surface area (Å²) in [5.41, 5.74) is 10.3. The van der Waals surface area contributed by atoms with Gasteiger partial charge in [0.05, 0.1) is 24.1 Å². The van der Waals surface area contributed by atoms with E-state index in [1.807, 2.05) is 43.3 Å². The molecule has 0 aliphatic carbocycles. The molecule has 38 heavy (non-hydrogen) atoms. The predicted octanol–water partition coefficient (Wildman–Crippen LogP) is 5.74. The molecule has 8 heteroatoms. The molecule has 1 aliphatic rings. The van der Waals surface area contributed by atoms with Crippen molar-refractivity contribution in [2.24, 2.45) is 5.73 Å². The third kappa shape index (κ3) is 4.34. The first-order valence-electron chi connectivity index (χ1n) is 13.1. The fraction of sp³-hybridized carbons (Fsp3) is 0.367. The Morgan fingerprint density at radius 2 is 1.74 bits per heavy atom. The van der Waals surface area contributed by atoms with Gasteiger partial charge in [-0.1, -0.05) is 38.1 Å². The van der Waals surface area contributed by atoms with E-state index in [1.54, 1.807) is 7.11 Å². The maximum absolute atomic E-state index is 8.07. The van der Waals surface area contributed by atoms with Crippen LogP contribution in [0.2, 0.25) is 0 Å². The summed E-state index contributed by atoms with van der Waals surface area (Å²) in [7, 11) is 1.68. The third-order valence-corrected chi connectivity index (χ3v) is 7.50. The Morgan fingerprint density at radius 3 is 2.34 bits per heavy atom. The number of fused-ring (bicyclic) bond motifs is 2. The number of nitrogen functional groups attached to an aromatic ring is 1. The second-order valence-corrected chi connectivity index (χ2v) is 10.3. The van der Waals surface area contributed by atoms with Crippen molar-refractivity contribution in [1.82, 2.24) is 14.5 Å². The van der Waals surface area contributed by atoms with Crippen LogP contribution < -0.4 is 15.2 Å². The molecule has 198 valence electrons. The standard InChI is InChI=1S/C30H36N6O2/c1-17(2)30-34-27-18(3)25(38-20-12-14-35(15-13-20)19(4)31)16-26(37-5)28(27)36(30)24-11-10-23(29(32)33)21-8-6-7-9-22(21)24/h6-11,16-17,20,31H,12-15H2,1-5H3,(H3,32,33). The molecule has 1 aliphatic heterocycles. The normalized spacial score (nSPS) is 14.4. The molecule has 0 saturated carbocycles. The van der Waals surface area contributed by atoms with Gasteiger partial charge in [0.15, 0.2) is 0 Å². The smallest absolute Gasteiger partial charge is 0.148 e. The number of hydrogen-bond donors (Lipinski definition) is 3. The van der Waals surface area contributed by atoms with Gasteiger partial charge in [-0.25, -0.2) is 4.98 Å². The molecule has 0 unspecified atom stereocenters. The molecule has 1 fully saturated rings. The molecule has 0 atom stereocenters. The van der Waals surface area contributed by atoms with Crippen molar-refractivity contribution in [1.29, 1.82) is 10.8 Å². The minimum atomic E-state index is 0.0455. The Balaban J connectivity index is 1.67. The Hall–Kier alpha value is -4.07. The number of aryl methyl sites for hydroxylation is 1. The number of hydrogen-bond acceptors (Lipinski definition) is 5. The monoisotopic (exact) mass is 512 g/mol. The summed E-state index contributed by atoms with van der Waals surface area (Å²) in [6.45, 7) is 9.84. The maximum Gasteiger partial charge on any atom is 0.148 e. The molecular weight excluding hydrogens is 476 g/mol. The molecule has 0 spiro atoms. The SMILES string of the molecule is COc1cc(OC2CCN(C(C)=N)CC2)c(C)c2nc(C(C)C)n(-c3ccc(C(=N)N)c4ccccc34)c12. The molecular formula is C30H36N6O2. The summed E-state index contributed by atoms with van der Waals surface area (Å²) in [6.07, 6.45) is 1.83. The second-order valence-electron chi connectivity index (χ2n) is 10.3. The summed E-state index contributed by atoms with van der Waals surface area (Å²) in [6, 6.07) is 14.0. The fourth-order valence-electron chi connectivity index (χ4n) is 5.45. The first-order valence-corrected chi connectivity index (χ1v) is 13.1. The van der Waals surface area contributed by atoms with Crippen LogP contribution in [-0.2, 0) is 0 Å². The summed E-state index contributed by atoms with van der Waals surface area (Å²) in [5, 5.41) is 17.9. The van der Waals surface area contributed by atoms with Gasteiger partial charge in [0.25, 0.3) is 0 Å². The van der Waals surface area contributed by atoms with Crippen LogP contribution in [0.15, 0.2) is 42.5 Å². The number of methoxy groups -OCH3 is 1. The van der Waals surface area contributed by atoms with E-state index in [-0.39, 0.29) is 17.9 Å². The van der Waals surface area contributed by atoms with E-state index >= 15 is 0 Å². The van der Waals surface area contributed by atoms with E-state index in [9.17, 15) is 0 Å². The van der Waals surface area contributed by atoms with Crippen molar-refractivity contribution in [2.75, 3.05) is 20.2 Å². The number of rotatable bonds is 6. The Bertz CT molecular complexity index is 1550. The lowest BCUT2D eigenvalue weighted by atomic mass is 10.0. The molecule has 0 amide bonds. The largest absolute Gasteiger partial charge is 0.494 e. The number of benzene rings is 3. The number of nitrogens with zero attached hydrogens (tertiary/aromatic N) is 3. The van der Waals surface area contributed by atoms with Gasteiger partial charge in [0, 0.05) is 54.4 Å². The molecule has 2 heterocycles. The van der Waals surface area contributed by atoms with Crippen molar-refractivity contribution in [2.45, 2.75) is 52.6 Å². The molecule has 3 aromatic carbocycles. The van der Waals surface area contributed by atoms with Crippen LogP contribution in [0.5, 0.6) is 11.5 Å². The lowest BCUT2D eigenvalue weighted by Crippen LogP contribution is -2.40. The van der Waals surface area contributed by atoms with Crippen LogP contribution in [-0.4, -0.2) is 52.4 Å². The number of likely N-dealkylation sites (tertiary alicyclic amines) is 1. The molecule has 0 radical (unpaired) electrons. The lowest BCUT2D eigenvalue weighted by Gasteiger charge is -2.33. The number of piperidine rings is 1. The molecule has 8 nitrogen and oxygen atoms in total. The number of amidine groups is 2. The van der Waals surface area contributed by atoms with E-state index in [1.165, 1.54) is 0 Å². The third-order valence-electron chi connectivity index (χ3n) is 7.50. The van der Waals surface area contributed by atoms with E-state index in [2.05, 4.69) is 36.3 Å². The zero-order valence-corrected chi connectivity index (χ0v) is 22.8. The van der Waals surface area contributed by atoms with Crippen LogP contribution in [0.4, 0.5) is 0 Å². The van der Waals surface area contributed by atoms with E-state index in [0.717, 1.165) is 70.6 Å². The van der Waals surface area contributed by atoms with Crippen molar-refractivity contribution >= 4 is 33.5 Å². The Kier molecular flexibility index (Phi) is 6.73. The lowest BCUT2D eigenvalue weighted by molar-refractivity contribution is 0.129. The Morgan fingerprint density at radius 1 is 1.05 bits per heavy atom. The average Bonchev–Trinajstić information content (AvgIpc) is 3.31. The highest BCUT2D eigenvalue weighted by Gasteiger charge is 2.26. The van der Waals surface area contributed by atoms with Gasteiger partial charge in [-0.2, -0.15) is 0 Å². The van der Waals surface area contributed by atoms with E-state index in [0.29, 0.717) is 17.1 Å². The maximum atomic E-state index is 8.07. The van der Waals surface area contributed by atoms with Gasteiger partial charge < -0.3 is 20.1 Å². The van der Waals surface area contributed by atoms with E-state index < -0.39 is 0 Å². The highest BCUT2D eigenvalue weighted by molar-refractivity contribution is 6.10. The molecule has 1 saturated heterocycles. The van der Waals surface area contributed by atoms with Gasteiger partial charge >= 0.3 is 0 Å².